The van der Waals surface area contributed by atoms with E-state index in [4.69, 9.17) is 11.6 Å². The second kappa shape index (κ2) is 5.38. The van der Waals surface area contributed by atoms with Gasteiger partial charge in [0.1, 0.15) is 5.65 Å². The fourth-order valence-corrected chi connectivity index (χ4v) is 2.90. The van der Waals surface area contributed by atoms with Crippen LogP contribution in [-0.2, 0) is 6.54 Å². The molecular weight excluding hydrogens is 373 g/mol. The number of halogens is 2. The van der Waals surface area contributed by atoms with Crippen LogP contribution in [0.25, 0.3) is 11.0 Å². The molecule has 0 amide bonds. The van der Waals surface area contributed by atoms with E-state index in [0.29, 0.717) is 6.54 Å². The highest BCUT2D eigenvalue weighted by atomic mass is 127. The largest absolute Gasteiger partial charge is 0.380 e. The molecule has 0 saturated heterocycles. The third-order valence-corrected chi connectivity index (χ3v) is 3.92. The van der Waals surface area contributed by atoms with Crippen LogP contribution >= 0.6 is 34.2 Å². The predicted octanol–water partition coefficient (Wildman–Crippen LogP) is 4.43. The monoisotopic (exact) mass is 383 g/mol. The van der Waals surface area contributed by atoms with Crippen molar-refractivity contribution in [3.8, 4) is 0 Å². The molecule has 2 N–H and O–H groups in total. The van der Waals surface area contributed by atoms with Gasteiger partial charge in [0, 0.05) is 27.9 Å². The van der Waals surface area contributed by atoms with Crippen LogP contribution in [0.1, 0.15) is 5.56 Å². The van der Waals surface area contributed by atoms with Crippen molar-refractivity contribution in [3.63, 3.8) is 0 Å². The summed E-state index contributed by atoms with van der Waals surface area (Å²) in [6.45, 7) is 0.714. The molecule has 1 aromatic carbocycles. The van der Waals surface area contributed by atoms with Crippen LogP contribution in [0.4, 0.5) is 5.69 Å². The summed E-state index contributed by atoms with van der Waals surface area (Å²) in [5.74, 6) is 0. The number of anilines is 1. The fraction of sp³-hybridized carbons (Fsp3) is 0.0714. The standard InChI is InChI=1S/C14H11ClIN3/c15-12-6-10(16)3-4-13(12)18-7-9-8-19-14-11(9)2-1-5-17-14/h1-6,8,18H,7H2,(H,17,19). The van der Waals surface area contributed by atoms with E-state index in [1.807, 2.05) is 30.5 Å². The van der Waals surface area contributed by atoms with E-state index in [1.54, 1.807) is 6.20 Å². The molecule has 2 aromatic heterocycles. The van der Waals surface area contributed by atoms with E-state index in [0.717, 1.165) is 25.3 Å². The van der Waals surface area contributed by atoms with E-state index in [9.17, 15) is 0 Å². The lowest BCUT2D eigenvalue weighted by molar-refractivity contribution is 1.16. The minimum Gasteiger partial charge on any atom is -0.380 e. The van der Waals surface area contributed by atoms with Crippen LogP contribution in [0.5, 0.6) is 0 Å². The number of aromatic nitrogens is 2. The third kappa shape index (κ3) is 2.69. The van der Waals surface area contributed by atoms with E-state index in [2.05, 4.69) is 43.9 Å². The highest BCUT2D eigenvalue weighted by Gasteiger charge is 2.05. The molecule has 2 heterocycles. The van der Waals surface area contributed by atoms with Crippen molar-refractivity contribution < 1.29 is 0 Å². The summed E-state index contributed by atoms with van der Waals surface area (Å²) in [5.41, 5.74) is 3.03. The lowest BCUT2D eigenvalue weighted by atomic mass is 10.2. The zero-order valence-electron chi connectivity index (χ0n) is 9.95. The number of hydrogen-bond donors (Lipinski definition) is 2. The van der Waals surface area contributed by atoms with Crippen molar-refractivity contribution in [2.45, 2.75) is 6.54 Å². The van der Waals surface area contributed by atoms with Gasteiger partial charge in [-0.15, -0.1) is 0 Å². The minimum absolute atomic E-state index is 0.714. The zero-order valence-corrected chi connectivity index (χ0v) is 12.9. The highest BCUT2D eigenvalue weighted by molar-refractivity contribution is 14.1. The summed E-state index contributed by atoms with van der Waals surface area (Å²) in [5, 5.41) is 5.23. The molecule has 0 unspecified atom stereocenters. The van der Waals surface area contributed by atoms with Gasteiger partial charge in [0.2, 0.25) is 0 Å². The number of H-pyrrole nitrogens is 1. The smallest absolute Gasteiger partial charge is 0.137 e. The summed E-state index contributed by atoms with van der Waals surface area (Å²) in [6, 6.07) is 9.98. The van der Waals surface area contributed by atoms with E-state index in [-0.39, 0.29) is 0 Å². The molecular formula is C14H11ClIN3. The minimum atomic E-state index is 0.714. The van der Waals surface area contributed by atoms with Gasteiger partial charge in [0.15, 0.2) is 0 Å². The van der Waals surface area contributed by atoms with Crippen LogP contribution in [0, 0.1) is 3.57 Å². The fourth-order valence-electron chi connectivity index (χ4n) is 1.98. The van der Waals surface area contributed by atoms with Crippen LogP contribution in [0.2, 0.25) is 5.02 Å². The first kappa shape index (κ1) is 12.7. The number of benzene rings is 1. The van der Waals surface area contributed by atoms with Gasteiger partial charge in [0.25, 0.3) is 0 Å². The van der Waals surface area contributed by atoms with Crippen LogP contribution in [0.15, 0.2) is 42.7 Å². The molecule has 96 valence electrons. The lowest BCUT2D eigenvalue weighted by Gasteiger charge is -2.08. The quantitative estimate of drug-likeness (QED) is 0.657. The van der Waals surface area contributed by atoms with Gasteiger partial charge in [-0.05, 0) is 58.5 Å². The van der Waals surface area contributed by atoms with Gasteiger partial charge in [-0.2, -0.15) is 0 Å². The summed E-state index contributed by atoms with van der Waals surface area (Å²) in [6.07, 6.45) is 3.76. The normalized spacial score (nSPS) is 10.8. The molecule has 5 heteroatoms. The Bertz CT molecular complexity index is 724. The van der Waals surface area contributed by atoms with Gasteiger partial charge in [-0.1, -0.05) is 11.6 Å². The Labute approximate surface area is 129 Å². The molecule has 19 heavy (non-hydrogen) atoms. The number of nitrogens with zero attached hydrogens (tertiary/aromatic N) is 1. The van der Waals surface area contributed by atoms with Crippen molar-refractivity contribution in [2.75, 3.05) is 5.32 Å². The van der Waals surface area contributed by atoms with Crippen molar-refractivity contribution in [3.05, 3.63) is 56.9 Å². The number of aromatic amines is 1. The molecule has 0 aliphatic heterocycles. The summed E-state index contributed by atoms with van der Waals surface area (Å²) in [7, 11) is 0. The van der Waals surface area contributed by atoms with Crippen LogP contribution < -0.4 is 5.32 Å². The Morgan fingerprint density at radius 2 is 2.21 bits per heavy atom. The Hall–Kier alpha value is -1.27. The maximum Gasteiger partial charge on any atom is 0.137 e. The summed E-state index contributed by atoms with van der Waals surface area (Å²) in [4.78, 5) is 7.44. The van der Waals surface area contributed by atoms with E-state index in [1.165, 1.54) is 5.56 Å². The van der Waals surface area contributed by atoms with Gasteiger partial charge >= 0.3 is 0 Å². The molecule has 0 bridgehead atoms. The van der Waals surface area contributed by atoms with Crippen molar-refractivity contribution in [1.82, 2.24) is 9.97 Å². The molecule has 3 aromatic rings. The third-order valence-electron chi connectivity index (χ3n) is 2.94. The van der Waals surface area contributed by atoms with Crippen molar-refractivity contribution in [1.29, 1.82) is 0 Å². The maximum absolute atomic E-state index is 6.20. The Morgan fingerprint density at radius 3 is 3.05 bits per heavy atom. The van der Waals surface area contributed by atoms with Gasteiger partial charge in [0.05, 0.1) is 10.7 Å². The molecule has 0 fully saturated rings. The summed E-state index contributed by atoms with van der Waals surface area (Å²) < 4.78 is 1.13. The van der Waals surface area contributed by atoms with Gasteiger partial charge in [-0.25, -0.2) is 4.98 Å². The molecule has 0 radical (unpaired) electrons. The molecule has 3 rings (SSSR count). The Balaban J connectivity index is 1.82. The average molecular weight is 384 g/mol. The highest BCUT2D eigenvalue weighted by Crippen LogP contribution is 2.25. The first-order valence-electron chi connectivity index (χ1n) is 5.84. The molecule has 0 saturated carbocycles. The molecule has 0 atom stereocenters. The number of rotatable bonds is 3. The number of hydrogen-bond acceptors (Lipinski definition) is 2. The summed E-state index contributed by atoms with van der Waals surface area (Å²) >= 11 is 8.45. The van der Waals surface area contributed by atoms with E-state index >= 15 is 0 Å². The van der Waals surface area contributed by atoms with Gasteiger partial charge in [-0.3, -0.25) is 0 Å². The molecule has 0 aliphatic carbocycles. The number of nitrogens with one attached hydrogen (secondary N) is 2. The molecule has 0 aliphatic rings. The average Bonchev–Trinajstić information content (AvgIpc) is 2.81. The lowest BCUT2D eigenvalue weighted by Crippen LogP contribution is -1.99. The topological polar surface area (TPSA) is 40.7 Å². The van der Waals surface area contributed by atoms with Crippen molar-refractivity contribution >= 4 is 50.9 Å². The van der Waals surface area contributed by atoms with Crippen LogP contribution in [-0.4, -0.2) is 9.97 Å². The second-order valence-corrected chi connectivity index (χ2v) is 5.84. The Kier molecular flexibility index (Phi) is 3.61. The van der Waals surface area contributed by atoms with Crippen molar-refractivity contribution in [2.24, 2.45) is 0 Å². The Morgan fingerprint density at radius 1 is 1.32 bits per heavy atom. The first-order valence-corrected chi connectivity index (χ1v) is 7.29. The number of fused-ring (bicyclic) bond motifs is 1. The van der Waals surface area contributed by atoms with Gasteiger partial charge < -0.3 is 10.3 Å². The molecule has 0 spiro atoms. The van der Waals surface area contributed by atoms with E-state index < -0.39 is 0 Å². The predicted molar refractivity (Wildman–Crippen MR) is 87.6 cm³/mol. The molecule has 3 nitrogen and oxygen atoms in total. The number of pyridine rings is 1. The second-order valence-electron chi connectivity index (χ2n) is 4.19. The zero-order chi connectivity index (χ0) is 13.2. The first-order chi connectivity index (χ1) is 9.24. The van der Waals surface area contributed by atoms with Crippen LogP contribution in [0.3, 0.4) is 0 Å². The maximum atomic E-state index is 6.20. The SMILES string of the molecule is Clc1cc(I)ccc1NCc1c[nH]c2ncccc12.